The lowest BCUT2D eigenvalue weighted by atomic mass is 9.90. The SMILES string of the molecule is Cc1cccn2c(-c3ccc(Nc4ccc(N5CCC(O)(CN6CCNCC6)CC5)cn4)c4c3CNC4=O)cnc12. The van der Waals surface area contributed by atoms with Crippen molar-refractivity contribution in [3.63, 3.8) is 0 Å². The number of amides is 1. The normalized spacial score (nSPS) is 18.9. The molecule has 212 valence electrons. The van der Waals surface area contributed by atoms with Gasteiger partial charge in [-0.05, 0) is 55.2 Å². The summed E-state index contributed by atoms with van der Waals surface area (Å²) < 4.78 is 2.08. The molecular formula is C31H36N8O2. The van der Waals surface area contributed by atoms with E-state index in [1.807, 2.05) is 49.8 Å². The Balaban J connectivity index is 1.06. The number of fused-ring (bicyclic) bond motifs is 2. The van der Waals surface area contributed by atoms with Crippen LogP contribution in [0.25, 0.3) is 16.9 Å². The minimum absolute atomic E-state index is 0.0902. The van der Waals surface area contributed by atoms with Gasteiger partial charge in [0.1, 0.15) is 11.5 Å². The van der Waals surface area contributed by atoms with E-state index < -0.39 is 5.60 Å². The van der Waals surface area contributed by atoms with E-state index in [1.165, 1.54) is 0 Å². The van der Waals surface area contributed by atoms with Crippen LogP contribution in [-0.4, -0.2) is 81.7 Å². The van der Waals surface area contributed by atoms with E-state index in [-0.39, 0.29) is 5.91 Å². The molecule has 2 saturated heterocycles. The van der Waals surface area contributed by atoms with Crippen LogP contribution in [0.1, 0.15) is 34.3 Å². The third-order valence-electron chi connectivity index (χ3n) is 8.77. The second-order valence-electron chi connectivity index (χ2n) is 11.5. The number of rotatable bonds is 6. The number of carbonyl (C=O) groups is 1. The molecule has 7 rings (SSSR count). The smallest absolute Gasteiger partial charge is 0.254 e. The first kappa shape index (κ1) is 25.9. The summed E-state index contributed by atoms with van der Waals surface area (Å²) in [6, 6.07) is 12.1. The van der Waals surface area contributed by atoms with E-state index in [2.05, 4.69) is 52.3 Å². The van der Waals surface area contributed by atoms with E-state index in [0.717, 1.165) is 98.1 Å². The van der Waals surface area contributed by atoms with Crippen molar-refractivity contribution in [3.8, 4) is 11.3 Å². The first-order chi connectivity index (χ1) is 20.0. The van der Waals surface area contributed by atoms with Gasteiger partial charge in [-0.25, -0.2) is 9.97 Å². The molecule has 3 aliphatic heterocycles. The zero-order valence-corrected chi connectivity index (χ0v) is 23.4. The Kier molecular flexibility index (Phi) is 6.61. The largest absolute Gasteiger partial charge is 0.388 e. The van der Waals surface area contributed by atoms with Gasteiger partial charge in [0.2, 0.25) is 0 Å². The molecule has 0 bridgehead atoms. The lowest BCUT2D eigenvalue weighted by Crippen LogP contribution is -2.54. The molecule has 4 aromatic rings. The number of carbonyl (C=O) groups excluding carboxylic acids is 1. The number of β-amino-alcohol motifs (C(OH)–C–C–N with tert-alkyl or cyclic N) is 1. The van der Waals surface area contributed by atoms with Gasteiger partial charge in [0.05, 0.1) is 40.6 Å². The number of nitrogens with one attached hydrogen (secondary N) is 3. The van der Waals surface area contributed by atoms with Gasteiger partial charge in [-0.2, -0.15) is 0 Å². The number of hydrogen-bond acceptors (Lipinski definition) is 8. The number of piperazine rings is 1. The van der Waals surface area contributed by atoms with Crippen LogP contribution in [0.15, 0.2) is 55.0 Å². The van der Waals surface area contributed by atoms with Gasteiger partial charge >= 0.3 is 0 Å². The Morgan fingerprint density at radius 3 is 2.63 bits per heavy atom. The van der Waals surface area contributed by atoms with E-state index in [9.17, 15) is 9.90 Å². The summed E-state index contributed by atoms with van der Waals surface area (Å²) in [7, 11) is 0. The van der Waals surface area contributed by atoms with Crippen molar-refractivity contribution in [2.45, 2.75) is 31.9 Å². The first-order valence-electron chi connectivity index (χ1n) is 14.5. The highest BCUT2D eigenvalue weighted by atomic mass is 16.3. The zero-order valence-electron chi connectivity index (χ0n) is 23.4. The summed E-state index contributed by atoms with van der Waals surface area (Å²) in [4.78, 5) is 26.9. The molecule has 1 amide bonds. The summed E-state index contributed by atoms with van der Waals surface area (Å²) in [5.74, 6) is 0.591. The van der Waals surface area contributed by atoms with Crippen molar-refractivity contribution in [2.24, 2.45) is 0 Å². The molecule has 0 unspecified atom stereocenters. The number of anilines is 3. The van der Waals surface area contributed by atoms with Crippen LogP contribution in [0.5, 0.6) is 0 Å². The fraction of sp³-hybridized carbons (Fsp3) is 0.387. The molecule has 41 heavy (non-hydrogen) atoms. The fourth-order valence-corrected chi connectivity index (χ4v) is 6.45. The van der Waals surface area contributed by atoms with Crippen LogP contribution in [-0.2, 0) is 6.54 Å². The summed E-state index contributed by atoms with van der Waals surface area (Å²) in [5, 5.41) is 20.9. The zero-order chi connectivity index (χ0) is 28.0. The van der Waals surface area contributed by atoms with Gasteiger partial charge in [-0.1, -0.05) is 12.1 Å². The molecule has 10 heteroatoms. The molecule has 4 N–H and O–H groups in total. The summed E-state index contributed by atoms with van der Waals surface area (Å²) in [5.41, 5.74) is 6.74. The van der Waals surface area contributed by atoms with Crippen molar-refractivity contribution in [3.05, 3.63) is 71.7 Å². The molecule has 6 heterocycles. The van der Waals surface area contributed by atoms with Crippen LogP contribution >= 0.6 is 0 Å². The number of piperidine rings is 1. The number of aliphatic hydroxyl groups is 1. The van der Waals surface area contributed by atoms with Crippen LogP contribution in [0.2, 0.25) is 0 Å². The summed E-state index contributed by atoms with van der Waals surface area (Å²) in [6.45, 7) is 8.85. The summed E-state index contributed by atoms with van der Waals surface area (Å²) in [6.07, 6.45) is 7.25. The number of hydrogen-bond donors (Lipinski definition) is 4. The number of imidazole rings is 1. The Labute approximate surface area is 239 Å². The first-order valence-corrected chi connectivity index (χ1v) is 14.5. The maximum absolute atomic E-state index is 12.9. The van der Waals surface area contributed by atoms with Gasteiger partial charge < -0.3 is 26.0 Å². The Morgan fingerprint density at radius 1 is 1.02 bits per heavy atom. The number of benzene rings is 1. The Morgan fingerprint density at radius 2 is 1.85 bits per heavy atom. The fourth-order valence-electron chi connectivity index (χ4n) is 6.45. The molecule has 0 atom stereocenters. The number of nitrogens with zero attached hydrogens (tertiary/aromatic N) is 5. The number of pyridine rings is 2. The van der Waals surface area contributed by atoms with Gasteiger partial charge in [-0.15, -0.1) is 0 Å². The van der Waals surface area contributed by atoms with Crippen molar-refractivity contribution < 1.29 is 9.90 Å². The van der Waals surface area contributed by atoms with Crippen molar-refractivity contribution in [2.75, 3.05) is 56.0 Å². The van der Waals surface area contributed by atoms with Crippen LogP contribution in [0, 0.1) is 6.92 Å². The van der Waals surface area contributed by atoms with Crippen molar-refractivity contribution >= 4 is 28.7 Å². The average molecular weight is 553 g/mol. The lowest BCUT2D eigenvalue weighted by Gasteiger charge is -2.42. The van der Waals surface area contributed by atoms with E-state index >= 15 is 0 Å². The van der Waals surface area contributed by atoms with E-state index in [0.29, 0.717) is 17.9 Å². The topological polar surface area (TPSA) is 110 Å². The molecule has 0 radical (unpaired) electrons. The third-order valence-corrected chi connectivity index (χ3v) is 8.77. The average Bonchev–Trinajstić information content (AvgIpc) is 3.60. The lowest BCUT2D eigenvalue weighted by molar-refractivity contribution is -0.0186. The molecule has 10 nitrogen and oxygen atoms in total. The maximum atomic E-state index is 12.9. The van der Waals surface area contributed by atoms with Gasteiger partial charge in [-0.3, -0.25) is 14.1 Å². The Bertz CT molecular complexity index is 1580. The van der Waals surface area contributed by atoms with Crippen LogP contribution in [0.3, 0.4) is 0 Å². The second kappa shape index (κ2) is 10.4. The van der Waals surface area contributed by atoms with E-state index in [1.54, 1.807) is 0 Å². The molecule has 3 aromatic heterocycles. The van der Waals surface area contributed by atoms with Gasteiger partial charge in [0.15, 0.2) is 0 Å². The molecular weight excluding hydrogens is 516 g/mol. The van der Waals surface area contributed by atoms with Crippen LogP contribution < -0.4 is 20.9 Å². The maximum Gasteiger partial charge on any atom is 0.254 e. The van der Waals surface area contributed by atoms with Crippen molar-refractivity contribution in [1.29, 1.82) is 0 Å². The quantitative estimate of drug-likeness (QED) is 0.289. The van der Waals surface area contributed by atoms with Crippen molar-refractivity contribution in [1.82, 2.24) is 29.9 Å². The molecule has 0 spiro atoms. The minimum atomic E-state index is -0.627. The molecule has 0 aliphatic carbocycles. The minimum Gasteiger partial charge on any atom is -0.388 e. The van der Waals surface area contributed by atoms with Gasteiger partial charge in [0.25, 0.3) is 5.91 Å². The third kappa shape index (κ3) is 4.92. The summed E-state index contributed by atoms with van der Waals surface area (Å²) >= 11 is 0. The molecule has 2 fully saturated rings. The molecule has 0 saturated carbocycles. The number of aryl methyl sites for hydroxylation is 1. The highest BCUT2D eigenvalue weighted by molar-refractivity contribution is 6.06. The molecule has 1 aromatic carbocycles. The van der Waals surface area contributed by atoms with E-state index in [4.69, 9.17) is 0 Å². The Hall–Kier alpha value is -3.99. The number of aromatic nitrogens is 3. The predicted octanol–water partition coefficient (Wildman–Crippen LogP) is 2.93. The molecule has 3 aliphatic rings. The van der Waals surface area contributed by atoms with Gasteiger partial charge in [0, 0.05) is 64.1 Å². The van der Waals surface area contributed by atoms with Crippen LogP contribution in [0.4, 0.5) is 17.2 Å². The predicted molar refractivity (Wildman–Crippen MR) is 160 cm³/mol. The monoisotopic (exact) mass is 552 g/mol. The highest BCUT2D eigenvalue weighted by Crippen LogP contribution is 2.36. The highest BCUT2D eigenvalue weighted by Gasteiger charge is 2.34. The second-order valence-corrected chi connectivity index (χ2v) is 11.5. The standard InChI is InChI=1S/C31H36N8O2/c1-21-3-2-12-39-26(19-34-29(21)39)23-5-6-25(28-24(23)18-35-30(28)40)36-27-7-4-22(17-33-27)38-13-8-31(41,9-14-38)20-37-15-10-32-11-16-37/h2-7,12,17,19,32,41H,8-11,13-16,18,20H2,1H3,(H,33,36)(H,35,40).